The number of alkyl halides is 3. The molecule has 8 heteroatoms. The molecule has 1 aromatic carbocycles. The highest BCUT2D eigenvalue weighted by Gasteiger charge is 2.31. The Balaban J connectivity index is 2.34. The average molecular weight is 412 g/mol. The summed E-state index contributed by atoms with van der Waals surface area (Å²) in [5.74, 6) is 0.204. The number of benzene rings is 1. The number of ether oxygens (including phenoxy) is 2. The second-order valence-corrected chi connectivity index (χ2v) is 6.84. The SMILES string of the molecule is CCOC(=O)c1cnn(Cc2cc(C(F)(F)F)ccc2OCC(CC)CC)c1C. The number of esters is 1. The van der Waals surface area contributed by atoms with E-state index in [1.54, 1.807) is 13.8 Å². The molecule has 2 rings (SSSR count). The molecular weight excluding hydrogens is 385 g/mol. The second kappa shape index (κ2) is 9.80. The molecule has 0 fully saturated rings. The van der Waals surface area contributed by atoms with Gasteiger partial charge in [0.2, 0.25) is 0 Å². The molecule has 0 unspecified atom stereocenters. The molecule has 0 saturated heterocycles. The van der Waals surface area contributed by atoms with Crippen molar-refractivity contribution in [3.05, 3.63) is 46.8 Å². The number of hydrogen-bond donors (Lipinski definition) is 0. The van der Waals surface area contributed by atoms with Gasteiger partial charge in [-0.1, -0.05) is 26.7 Å². The van der Waals surface area contributed by atoms with Crippen LogP contribution in [-0.2, 0) is 17.5 Å². The van der Waals surface area contributed by atoms with Crippen LogP contribution in [0.15, 0.2) is 24.4 Å². The van der Waals surface area contributed by atoms with Crippen molar-refractivity contribution in [3.8, 4) is 5.75 Å². The predicted octanol–water partition coefficient (Wildman–Crippen LogP) is 5.25. The lowest BCUT2D eigenvalue weighted by atomic mass is 10.0. The highest BCUT2D eigenvalue weighted by molar-refractivity contribution is 5.90. The zero-order valence-corrected chi connectivity index (χ0v) is 17.2. The summed E-state index contributed by atoms with van der Waals surface area (Å²) in [4.78, 5) is 12.0. The van der Waals surface area contributed by atoms with Gasteiger partial charge in [-0.3, -0.25) is 4.68 Å². The largest absolute Gasteiger partial charge is 0.493 e. The molecule has 0 saturated carbocycles. The Morgan fingerprint density at radius 1 is 1.21 bits per heavy atom. The van der Waals surface area contributed by atoms with E-state index >= 15 is 0 Å². The predicted molar refractivity (Wildman–Crippen MR) is 103 cm³/mol. The zero-order chi connectivity index (χ0) is 21.6. The lowest BCUT2D eigenvalue weighted by Crippen LogP contribution is -2.14. The molecule has 0 aliphatic heterocycles. The van der Waals surface area contributed by atoms with Crippen LogP contribution in [0.2, 0.25) is 0 Å². The highest BCUT2D eigenvalue weighted by Crippen LogP contribution is 2.33. The number of aromatic nitrogens is 2. The molecule has 0 radical (unpaired) electrons. The van der Waals surface area contributed by atoms with Crippen molar-refractivity contribution in [1.29, 1.82) is 0 Å². The zero-order valence-electron chi connectivity index (χ0n) is 17.2. The van der Waals surface area contributed by atoms with Crippen molar-refractivity contribution in [2.75, 3.05) is 13.2 Å². The van der Waals surface area contributed by atoms with E-state index in [-0.39, 0.29) is 13.2 Å². The molecule has 1 heterocycles. The van der Waals surface area contributed by atoms with E-state index in [0.29, 0.717) is 35.1 Å². The maximum absolute atomic E-state index is 13.2. The fraction of sp³-hybridized carbons (Fsp3) is 0.524. The van der Waals surface area contributed by atoms with Crippen molar-refractivity contribution >= 4 is 5.97 Å². The standard InChI is InChI=1S/C21H27F3N2O3/c1-5-15(6-2)13-29-19-9-8-17(21(22,23)24)10-16(19)12-26-14(4)18(11-25-26)20(27)28-7-3/h8-11,15H,5-7,12-13H2,1-4H3. The van der Waals surface area contributed by atoms with Crippen LogP contribution in [0.25, 0.3) is 0 Å². The minimum Gasteiger partial charge on any atom is -0.493 e. The molecule has 2 aromatic rings. The van der Waals surface area contributed by atoms with Gasteiger partial charge in [0, 0.05) is 5.56 Å². The Labute approximate surface area is 168 Å². The monoisotopic (exact) mass is 412 g/mol. The summed E-state index contributed by atoms with van der Waals surface area (Å²) in [5.41, 5.74) is 0.412. The Kier molecular flexibility index (Phi) is 7.70. The van der Waals surface area contributed by atoms with E-state index in [4.69, 9.17) is 9.47 Å². The van der Waals surface area contributed by atoms with Crippen molar-refractivity contribution in [2.45, 2.75) is 53.3 Å². The van der Waals surface area contributed by atoms with Gasteiger partial charge >= 0.3 is 12.1 Å². The number of carbonyl (C=O) groups excluding carboxylic acids is 1. The number of carbonyl (C=O) groups is 1. The molecule has 0 spiro atoms. The Morgan fingerprint density at radius 3 is 2.48 bits per heavy atom. The van der Waals surface area contributed by atoms with Gasteiger partial charge in [-0.15, -0.1) is 0 Å². The van der Waals surface area contributed by atoms with Crippen molar-refractivity contribution in [3.63, 3.8) is 0 Å². The third kappa shape index (κ3) is 5.74. The quantitative estimate of drug-likeness (QED) is 0.528. The minimum absolute atomic E-state index is 0.0490. The van der Waals surface area contributed by atoms with Crippen LogP contribution in [0, 0.1) is 12.8 Å². The van der Waals surface area contributed by atoms with E-state index < -0.39 is 17.7 Å². The molecule has 0 atom stereocenters. The summed E-state index contributed by atoms with van der Waals surface area (Å²) in [6, 6.07) is 3.45. The average Bonchev–Trinajstić information content (AvgIpc) is 3.03. The summed E-state index contributed by atoms with van der Waals surface area (Å²) in [6.45, 7) is 8.18. The number of nitrogens with zero attached hydrogens (tertiary/aromatic N) is 2. The molecule has 29 heavy (non-hydrogen) atoms. The van der Waals surface area contributed by atoms with Crippen LogP contribution in [-0.4, -0.2) is 29.0 Å². The van der Waals surface area contributed by atoms with Gasteiger partial charge in [0.05, 0.1) is 37.2 Å². The van der Waals surface area contributed by atoms with Gasteiger partial charge in [0.1, 0.15) is 11.3 Å². The highest BCUT2D eigenvalue weighted by atomic mass is 19.4. The van der Waals surface area contributed by atoms with Crippen molar-refractivity contribution in [2.24, 2.45) is 5.92 Å². The molecule has 0 aliphatic carbocycles. The lowest BCUT2D eigenvalue weighted by molar-refractivity contribution is -0.137. The van der Waals surface area contributed by atoms with E-state index in [2.05, 4.69) is 18.9 Å². The third-order valence-corrected chi connectivity index (χ3v) is 4.94. The van der Waals surface area contributed by atoms with Crippen LogP contribution in [0.1, 0.15) is 60.8 Å². The molecule has 0 bridgehead atoms. The first kappa shape index (κ1) is 22.8. The van der Waals surface area contributed by atoms with Crippen LogP contribution in [0.4, 0.5) is 13.2 Å². The number of halogens is 3. The maximum Gasteiger partial charge on any atom is 0.416 e. The van der Waals surface area contributed by atoms with E-state index in [0.717, 1.165) is 25.0 Å². The first-order chi connectivity index (χ1) is 13.7. The molecule has 1 aromatic heterocycles. The van der Waals surface area contributed by atoms with Gasteiger partial charge < -0.3 is 9.47 Å². The van der Waals surface area contributed by atoms with E-state index in [9.17, 15) is 18.0 Å². The topological polar surface area (TPSA) is 53.3 Å². The van der Waals surface area contributed by atoms with Crippen LogP contribution >= 0.6 is 0 Å². The molecule has 5 nitrogen and oxygen atoms in total. The van der Waals surface area contributed by atoms with Gasteiger partial charge in [-0.2, -0.15) is 18.3 Å². The van der Waals surface area contributed by atoms with Gasteiger partial charge in [-0.25, -0.2) is 4.79 Å². The summed E-state index contributed by atoms with van der Waals surface area (Å²) in [6.07, 6.45) is -1.25. The van der Waals surface area contributed by atoms with Gasteiger partial charge in [-0.05, 0) is 38.0 Å². The summed E-state index contributed by atoms with van der Waals surface area (Å²) < 4.78 is 51.9. The van der Waals surface area contributed by atoms with Gasteiger partial charge in [0.25, 0.3) is 0 Å². The van der Waals surface area contributed by atoms with E-state index in [1.165, 1.54) is 16.9 Å². The van der Waals surface area contributed by atoms with E-state index in [1.807, 2.05) is 0 Å². The fourth-order valence-electron chi connectivity index (χ4n) is 2.93. The molecule has 160 valence electrons. The summed E-state index contributed by atoms with van der Waals surface area (Å²) >= 11 is 0. The second-order valence-electron chi connectivity index (χ2n) is 6.84. The molecule has 0 amide bonds. The smallest absolute Gasteiger partial charge is 0.416 e. The minimum atomic E-state index is -4.46. The van der Waals surface area contributed by atoms with Crippen LogP contribution in [0.5, 0.6) is 5.75 Å². The summed E-state index contributed by atoms with van der Waals surface area (Å²) in [5, 5.41) is 4.15. The normalized spacial score (nSPS) is 11.7. The fourth-order valence-corrected chi connectivity index (χ4v) is 2.93. The first-order valence-corrected chi connectivity index (χ1v) is 9.73. The third-order valence-electron chi connectivity index (χ3n) is 4.94. The maximum atomic E-state index is 13.2. The van der Waals surface area contributed by atoms with Crippen LogP contribution in [0.3, 0.4) is 0 Å². The molecule has 0 N–H and O–H groups in total. The molecule has 0 aliphatic rings. The van der Waals surface area contributed by atoms with Gasteiger partial charge in [0.15, 0.2) is 0 Å². The first-order valence-electron chi connectivity index (χ1n) is 9.73. The number of hydrogen-bond acceptors (Lipinski definition) is 4. The Bertz CT molecular complexity index is 827. The Hall–Kier alpha value is -2.51. The van der Waals surface area contributed by atoms with Crippen molar-refractivity contribution < 1.29 is 27.4 Å². The molecular formula is C21H27F3N2O3. The summed E-state index contributed by atoms with van der Waals surface area (Å²) in [7, 11) is 0. The van der Waals surface area contributed by atoms with Crippen molar-refractivity contribution in [1.82, 2.24) is 9.78 Å². The Morgan fingerprint density at radius 2 is 1.90 bits per heavy atom. The lowest BCUT2D eigenvalue weighted by Gasteiger charge is -2.18. The van der Waals surface area contributed by atoms with Crippen LogP contribution < -0.4 is 4.74 Å². The number of rotatable bonds is 9.